The monoisotopic (exact) mass is 223 g/mol. The van der Waals surface area contributed by atoms with Crippen LogP contribution in [0.1, 0.15) is 25.7 Å². The molecule has 84 valence electrons. The zero-order valence-corrected chi connectivity index (χ0v) is 10.1. The molecule has 1 N–H and O–H groups in total. The number of hydrogen-bond donors (Lipinski definition) is 1. The Kier molecular flexibility index (Phi) is 3.07. The van der Waals surface area contributed by atoms with Crippen molar-refractivity contribution in [1.29, 1.82) is 0 Å². The van der Waals surface area contributed by atoms with E-state index in [-0.39, 0.29) is 0 Å². The Bertz CT molecular complexity index is 245. The molecule has 3 unspecified atom stereocenters. The summed E-state index contributed by atoms with van der Waals surface area (Å²) in [6.45, 7) is 1.28. The van der Waals surface area contributed by atoms with Gasteiger partial charge in [0.05, 0.1) is 0 Å². The predicted molar refractivity (Wildman–Crippen MR) is 67.2 cm³/mol. The minimum Gasteiger partial charge on any atom is -0.313 e. The highest BCUT2D eigenvalue weighted by Gasteiger charge is 2.40. The van der Waals surface area contributed by atoms with Crippen molar-refractivity contribution in [2.24, 2.45) is 17.8 Å². The highest BCUT2D eigenvalue weighted by Crippen LogP contribution is 2.42. The van der Waals surface area contributed by atoms with Crippen molar-refractivity contribution in [3.63, 3.8) is 0 Å². The van der Waals surface area contributed by atoms with Gasteiger partial charge in [0.15, 0.2) is 0 Å². The fourth-order valence-corrected chi connectivity index (χ4v) is 4.42. The van der Waals surface area contributed by atoms with Crippen LogP contribution in [0.15, 0.2) is 12.2 Å². The molecule has 1 heterocycles. The molecule has 0 aromatic heterocycles. The van der Waals surface area contributed by atoms with Crippen LogP contribution < -0.4 is 5.32 Å². The van der Waals surface area contributed by atoms with Gasteiger partial charge in [-0.2, -0.15) is 11.8 Å². The van der Waals surface area contributed by atoms with Crippen LogP contribution in [0.3, 0.4) is 0 Å². The molecule has 2 aliphatic carbocycles. The minimum absolute atomic E-state index is 0.823. The molecule has 1 saturated heterocycles. The molecule has 3 atom stereocenters. The fourth-order valence-electron chi connectivity index (χ4n) is 3.22. The Hall–Kier alpha value is 0.0500. The lowest BCUT2D eigenvalue weighted by atomic mass is 9.71. The number of fused-ring (bicyclic) bond motifs is 1. The molecule has 1 aliphatic heterocycles. The Balaban J connectivity index is 1.41. The van der Waals surface area contributed by atoms with E-state index in [4.69, 9.17) is 0 Å². The van der Waals surface area contributed by atoms with E-state index in [9.17, 15) is 0 Å². The van der Waals surface area contributed by atoms with Gasteiger partial charge in [0.1, 0.15) is 0 Å². The molecule has 0 radical (unpaired) electrons. The summed E-state index contributed by atoms with van der Waals surface area (Å²) in [5.74, 6) is 5.65. The summed E-state index contributed by atoms with van der Waals surface area (Å²) in [6, 6.07) is 0.823. The summed E-state index contributed by atoms with van der Waals surface area (Å²) in [4.78, 5) is 0. The maximum Gasteiger partial charge on any atom is 0.0136 e. The van der Waals surface area contributed by atoms with Crippen LogP contribution in [0.4, 0.5) is 0 Å². The second kappa shape index (κ2) is 4.50. The van der Waals surface area contributed by atoms with E-state index in [1.807, 2.05) is 0 Å². The van der Waals surface area contributed by atoms with Gasteiger partial charge >= 0.3 is 0 Å². The number of hydrogen-bond acceptors (Lipinski definition) is 2. The van der Waals surface area contributed by atoms with Crippen LogP contribution in [0, 0.1) is 17.8 Å². The zero-order valence-electron chi connectivity index (χ0n) is 9.32. The molecule has 0 amide bonds. The quantitative estimate of drug-likeness (QED) is 0.738. The maximum absolute atomic E-state index is 3.80. The lowest BCUT2D eigenvalue weighted by Gasteiger charge is -2.41. The van der Waals surface area contributed by atoms with Crippen LogP contribution in [0.5, 0.6) is 0 Å². The van der Waals surface area contributed by atoms with E-state index < -0.39 is 0 Å². The Morgan fingerprint density at radius 3 is 2.93 bits per heavy atom. The molecule has 0 bridgehead atoms. The second-order valence-electron chi connectivity index (χ2n) is 5.31. The van der Waals surface area contributed by atoms with Crippen LogP contribution in [-0.2, 0) is 0 Å². The summed E-state index contributed by atoms with van der Waals surface area (Å²) >= 11 is 2.13. The first kappa shape index (κ1) is 10.2. The average Bonchev–Trinajstić information content (AvgIpc) is 2.62. The first-order valence-corrected chi connectivity index (χ1v) is 7.57. The van der Waals surface area contributed by atoms with Gasteiger partial charge in [0.25, 0.3) is 0 Å². The largest absolute Gasteiger partial charge is 0.313 e. The topological polar surface area (TPSA) is 12.0 Å². The van der Waals surface area contributed by atoms with E-state index >= 15 is 0 Å². The average molecular weight is 223 g/mol. The molecule has 0 spiro atoms. The number of thioether (sulfide) groups is 1. The van der Waals surface area contributed by atoms with Crippen molar-refractivity contribution < 1.29 is 0 Å². The lowest BCUT2D eigenvalue weighted by Crippen LogP contribution is -2.49. The van der Waals surface area contributed by atoms with Crippen molar-refractivity contribution in [1.82, 2.24) is 5.32 Å². The molecule has 1 saturated carbocycles. The maximum atomic E-state index is 3.80. The fraction of sp³-hybridized carbons (Fsp3) is 0.846. The molecule has 15 heavy (non-hydrogen) atoms. The van der Waals surface area contributed by atoms with Gasteiger partial charge in [-0.1, -0.05) is 12.2 Å². The highest BCUT2D eigenvalue weighted by atomic mass is 32.2. The van der Waals surface area contributed by atoms with Crippen LogP contribution in [-0.4, -0.2) is 24.1 Å². The van der Waals surface area contributed by atoms with Crippen molar-refractivity contribution >= 4 is 11.8 Å². The molecule has 0 aromatic carbocycles. The molecule has 2 heteroatoms. The molecule has 2 fully saturated rings. The van der Waals surface area contributed by atoms with Crippen molar-refractivity contribution in [2.45, 2.75) is 31.7 Å². The summed E-state index contributed by atoms with van der Waals surface area (Å²) in [5, 5.41) is 3.80. The molecule has 3 rings (SSSR count). The first-order chi connectivity index (χ1) is 7.43. The highest BCUT2D eigenvalue weighted by molar-refractivity contribution is 7.99. The standard InChI is InChI=1S/C13H21NS/c1-2-11-8-13(12(11)3-1)14-9-10-4-6-15-7-5-10/h1,3,10-14H,2,4-9H2. The molecule has 0 aromatic rings. The molecule has 1 nitrogen and oxygen atoms in total. The molecular weight excluding hydrogens is 202 g/mol. The van der Waals surface area contributed by atoms with Crippen LogP contribution in [0.25, 0.3) is 0 Å². The lowest BCUT2D eigenvalue weighted by molar-refractivity contribution is 0.157. The smallest absolute Gasteiger partial charge is 0.0136 e. The van der Waals surface area contributed by atoms with E-state index in [1.54, 1.807) is 0 Å². The van der Waals surface area contributed by atoms with E-state index in [1.165, 1.54) is 43.7 Å². The number of rotatable bonds is 3. The van der Waals surface area contributed by atoms with Gasteiger partial charge < -0.3 is 5.32 Å². The van der Waals surface area contributed by atoms with Crippen LogP contribution in [0.2, 0.25) is 0 Å². The summed E-state index contributed by atoms with van der Waals surface area (Å²) in [5.41, 5.74) is 0. The third-order valence-corrected chi connectivity index (χ3v) is 5.42. The third kappa shape index (κ3) is 2.12. The van der Waals surface area contributed by atoms with Crippen molar-refractivity contribution in [3.8, 4) is 0 Å². The zero-order chi connectivity index (χ0) is 10.1. The molecular formula is C13H21NS. The summed E-state index contributed by atoms with van der Waals surface area (Å²) < 4.78 is 0. The van der Waals surface area contributed by atoms with E-state index in [0.717, 1.165) is 23.8 Å². The minimum atomic E-state index is 0.823. The molecule has 3 aliphatic rings. The number of allylic oxidation sites excluding steroid dienone is 1. The van der Waals surface area contributed by atoms with E-state index in [2.05, 4.69) is 29.2 Å². The van der Waals surface area contributed by atoms with Gasteiger partial charge in [0, 0.05) is 6.04 Å². The van der Waals surface area contributed by atoms with Gasteiger partial charge in [-0.05, 0) is 61.5 Å². The second-order valence-corrected chi connectivity index (χ2v) is 6.53. The van der Waals surface area contributed by atoms with Gasteiger partial charge in [-0.3, -0.25) is 0 Å². The normalized spacial score (nSPS) is 40.1. The first-order valence-electron chi connectivity index (χ1n) is 6.41. The van der Waals surface area contributed by atoms with Gasteiger partial charge in [-0.25, -0.2) is 0 Å². The van der Waals surface area contributed by atoms with Gasteiger partial charge in [-0.15, -0.1) is 0 Å². The predicted octanol–water partition coefficient (Wildman–Crippen LogP) is 2.68. The Morgan fingerprint density at radius 2 is 2.13 bits per heavy atom. The Labute approximate surface area is 97.1 Å². The van der Waals surface area contributed by atoms with Crippen molar-refractivity contribution in [2.75, 3.05) is 18.1 Å². The van der Waals surface area contributed by atoms with Crippen LogP contribution >= 0.6 is 11.8 Å². The van der Waals surface area contributed by atoms with Gasteiger partial charge in [0.2, 0.25) is 0 Å². The Morgan fingerprint density at radius 1 is 1.27 bits per heavy atom. The number of nitrogens with one attached hydrogen (secondary N) is 1. The summed E-state index contributed by atoms with van der Waals surface area (Å²) in [7, 11) is 0. The SMILES string of the molecule is C1=CC2C(C1)CC2NCC1CCSCC1. The van der Waals surface area contributed by atoms with Crippen molar-refractivity contribution in [3.05, 3.63) is 12.2 Å². The third-order valence-electron chi connectivity index (χ3n) is 4.37. The van der Waals surface area contributed by atoms with E-state index in [0.29, 0.717) is 0 Å². The summed E-state index contributed by atoms with van der Waals surface area (Å²) in [6.07, 6.45) is 10.5.